The summed E-state index contributed by atoms with van der Waals surface area (Å²) in [5, 5.41) is 11.4. The highest BCUT2D eigenvalue weighted by Gasteiger charge is 2.04. The molecule has 1 aromatic heterocycles. The summed E-state index contributed by atoms with van der Waals surface area (Å²) in [5.74, 6) is 0.0382. The highest BCUT2D eigenvalue weighted by molar-refractivity contribution is 7.09. The molecule has 0 unspecified atom stereocenters. The summed E-state index contributed by atoms with van der Waals surface area (Å²) in [6.45, 7) is 2.65. The van der Waals surface area contributed by atoms with Crippen molar-refractivity contribution in [2.24, 2.45) is 0 Å². The second-order valence-electron chi connectivity index (χ2n) is 3.32. The molecular weight excluding hydrogens is 212 g/mol. The maximum atomic E-state index is 11.3. The van der Waals surface area contributed by atoms with E-state index in [0.717, 1.165) is 17.0 Å². The molecular formula is C10H16N2O2S. The summed E-state index contributed by atoms with van der Waals surface area (Å²) in [5.41, 5.74) is 2.76. The zero-order valence-corrected chi connectivity index (χ0v) is 9.64. The highest BCUT2D eigenvalue weighted by atomic mass is 32.1. The van der Waals surface area contributed by atoms with Crippen molar-refractivity contribution < 1.29 is 9.90 Å². The maximum Gasteiger partial charge on any atom is 0.220 e. The average molecular weight is 228 g/mol. The molecule has 0 radical (unpaired) electrons. The van der Waals surface area contributed by atoms with E-state index in [4.69, 9.17) is 5.11 Å². The number of nitrogens with zero attached hydrogens (tertiary/aromatic N) is 1. The van der Waals surface area contributed by atoms with Crippen molar-refractivity contribution in [2.75, 3.05) is 6.61 Å². The van der Waals surface area contributed by atoms with Crippen LogP contribution in [0.3, 0.4) is 0 Å². The lowest BCUT2D eigenvalue weighted by Gasteiger charge is -2.03. The Morgan fingerprint density at radius 1 is 1.60 bits per heavy atom. The number of aliphatic hydroxyl groups excluding tert-OH is 1. The fraction of sp³-hybridized carbons (Fsp3) is 0.600. The minimum atomic E-state index is 0.0382. The molecule has 1 rings (SSSR count). The minimum absolute atomic E-state index is 0.0382. The third-order valence-electron chi connectivity index (χ3n) is 2.10. The molecule has 0 atom stereocenters. The van der Waals surface area contributed by atoms with Crippen LogP contribution in [-0.4, -0.2) is 22.6 Å². The molecule has 1 heterocycles. The molecule has 5 heteroatoms. The van der Waals surface area contributed by atoms with Crippen molar-refractivity contribution >= 4 is 17.2 Å². The Kier molecular flexibility index (Phi) is 5.28. The van der Waals surface area contributed by atoms with Gasteiger partial charge in [-0.15, -0.1) is 11.3 Å². The van der Waals surface area contributed by atoms with Gasteiger partial charge in [-0.3, -0.25) is 4.79 Å². The Morgan fingerprint density at radius 3 is 3.00 bits per heavy atom. The number of amides is 1. The van der Waals surface area contributed by atoms with E-state index in [9.17, 15) is 4.79 Å². The van der Waals surface area contributed by atoms with E-state index in [1.165, 1.54) is 0 Å². The van der Waals surface area contributed by atoms with Crippen molar-refractivity contribution in [3.8, 4) is 0 Å². The van der Waals surface area contributed by atoms with E-state index in [-0.39, 0.29) is 12.5 Å². The summed E-state index contributed by atoms with van der Waals surface area (Å²) in [6, 6.07) is 0. The fourth-order valence-electron chi connectivity index (χ4n) is 1.16. The van der Waals surface area contributed by atoms with Gasteiger partial charge in [-0.05, 0) is 19.8 Å². The number of carbonyl (C=O) groups excluding carboxylic acids is 1. The van der Waals surface area contributed by atoms with Crippen LogP contribution in [0, 0.1) is 6.92 Å². The Labute approximate surface area is 93.4 Å². The number of aromatic nitrogens is 1. The molecule has 0 saturated heterocycles. The van der Waals surface area contributed by atoms with Crippen molar-refractivity contribution in [3.63, 3.8) is 0 Å². The number of hydrogen-bond acceptors (Lipinski definition) is 4. The van der Waals surface area contributed by atoms with Crippen molar-refractivity contribution in [3.05, 3.63) is 16.1 Å². The average Bonchev–Trinajstić information content (AvgIpc) is 2.61. The first kappa shape index (κ1) is 12.1. The molecule has 15 heavy (non-hydrogen) atoms. The van der Waals surface area contributed by atoms with E-state index in [1.54, 1.807) is 16.8 Å². The van der Waals surface area contributed by atoms with Gasteiger partial charge in [0, 0.05) is 17.9 Å². The summed E-state index contributed by atoms with van der Waals surface area (Å²) in [7, 11) is 0. The number of thiazole rings is 1. The predicted molar refractivity (Wildman–Crippen MR) is 59.6 cm³/mol. The molecule has 0 fully saturated rings. The van der Waals surface area contributed by atoms with Gasteiger partial charge in [-0.25, -0.2) is 4.98 Å². The van der Waals surface area contributed by atoms with Crippen LogP contribution in [0.25, 0.3) is 0 Å². The van der Waals surface area contributed by atoms with Gasteiger partial charge in [0.05, 0.1) is 17.7 Å². The Morgan fingerprint density at radius 2 is 2.40 bits per heavy atom. The van der Waals surface area contributed by atoms with Gasteiger partial charge < -0.3 is 10.4 Å². The number of nitrogens with one attached hydrogen (secondary N) is 1. The molecule has 0 aliphatic rings. The van der Waals surface area contributed by atoms with E-state index in [1.807, 2.05) is 6.92 Å². The quantitative estimate of drug-likeness (QED) is 0.720. The van der Waals surface area contributed by atoms with Gasteiger partial charge in [-0.2, -0.15) is 0 Å². The summed E-state index contributed by atoms with van der Waals surface area (Å²) >= 11 is 1.55. The van der Waals surface area contributed by atoms with Crippen LogP contribution < -0.4 is 5.32 Å². The molecule has 1 amide bonds. The van der Waals surface area contributed by atoms with Crippen LogP contribution >= 0.6 is 11.3 Å². The van der Waals surface area contributed by atoms with E-state index < -0.39 is 0 Å². The largest absolute Gasteiger partial charge is 0.396 e. The van der Waals surface area contributed by atoms with Gasteiger partial charge in [-0.1, -0.05) is 0 Å². The first-order valence-electron chi connectivity index (χ1n) is 5.00. The first-order valence-corrected chi connectivity index (χ1v) is 5.88. The van der Waals surface area contributed by atoms with Crippen molar-refractivity contribution in [2.45, 2.75) is 32.7 Å². The number of rotatable bonds is 6. The van der Waals surface area contributed by atoms with Crippen LogP contribution in [0.1, 0.15) is 29.8 Å². The standard InChI is InChI=1S/C10H16N2O2S/c1-8-9(15-7-12-8)6-11-10(14)4-2-3-5-13/h7,13H,2-6H2,1H3,(H,11,14). The molecule has 2 N–H and O–H groups in total. The number of aliphatic hydroxyl groups is 1. The van der Waals surface area contributed by atoms with Gasteiger partial charge in [0.15, 0.2) is 0 Å². The van der Waals surface area contributed by atoms with Gasteiger partial charge in [0.2, 0.25) is 5.91 Å². The lowest BCUT2D eigenvalue weighted by molar-refractivity contribution is -0.121. The van der Waals surface area contributed by atoms with Gasteiger partial charge in [0.25, 0.3) is 0 Å². The van der Waals surface area contributed by atoms with Crippen molar-refractivity contribution in [1.29, 1.82) is 0 Å². The fourth-order valence-corrected chi connectivity index (χ4v) is 1.88. The summed E-state index contributed by atoms with van der Waals surface area (Å²) < 4.78 is 0. The van der Waals surface area contributed by atoms with Crippen LogP contribution in [0.15, 0.2) is 5.51 Å². The van der Waals surface area contributed by atoms with E-state index >= 15 is 0 Å². The molecule has 84 valence electrons. The van der Waals surface area contributed by atoms with Crippen LogP contribution in [-0.2, 0) is 11.3 Å². The number of hydrogen-bond donors (Lipinski definition) is 2. The maximum absolute atomic E-state index is 11.3. The molecule has 1 aromatic rings. The van der Waals surface area contributed by atoms with Gasteiger partial charge in [0.1, 0.15) is 0 Å². The molecule has 0 saturated carbocycles. The Balaban J connectivity index is 2.20. The number of carbonyl (C=O) groups is 1. The second-order valence-corrected chi connectivity index (χ2v) is 4.26. The number of unbranched alkanes of at least 4 members (excludes halogenated alkanes) is 1. The zero-order chi connectivity index (χ0) is 11.1. The lowest BCUT2D eigenvalue weighted by atomic mass is 10.2. The first-order chi connectivity index (χ1) is 7.24. The van der Waals surface area contributed by atoms with Crippen LogP contribution in [0.4, 0.5) is 0 Å². The second kappa shape index (κ2) is 6.53. The number of aryl methyl sites for hydroxylation is 1. The molecule has 0 bridgehead atoms. The van der Waals surface area contributed by atoms with E-state index in [2.05, 4.69) is 10.3 Å². The smallest absolute Gasteiger partial charge is 0.220 e. The third kappa shape index (κ3) is 4.40. The molecule has 0 spiro atoms. The van der Waals surface area contributed by atoms with E-state index in [0.29, 0.717) is 19.4 Å². The Hall–Kier alpha value is -0.940. The topological polar surface area (TPSA) is 62.2 Å². The summed E-state index contributed by atoms with van der Waals surface area (Å²) in [6.07, 6.45) is 1.91. The van der Waals surface area contributed by atoms with Crippen LogP contribution in [0.2, 0.25) is 0 Å². The van der Waals surface area contributed by atoms with Gasteiger partial charge >= 0.3 is 0 Å². The molecule has 0 aliphatic carbocycles. The van der Waals surface area contributed by atoms with Crippen molar-refractivity contribution in [1.82, 2.24) is 10.3 Å². The third-order valence-corrected chi connectivity index (χ3v) is 3.04. The zero-order valence-electron chi connectivity index (χ0n) is 8.82. The minimum Gasteiger partial charge on any atom is -0.396 e. The molecule has 0 aliphatic heterocycles. The normalized spacial score (nSPS) is 10.3. The predicted octanol–water partition coefficient (Wildman–Crippen LogP) is 1.23. The SMILES string of the molecule is Cc1ncsc1CNC(=O)CCCCO. The monoisotopic (exact) mass is 228 g/mol. The van der Waals surface area contributed by atoms with Crippen LogP contribution in [0.5, 0.6) is 0 Å². The highest BCUT2D eigenvalue weighted by Crippen LogP contribution is 2.11. The lowest BCUT2D eigenvalue weighted by Crippen LogP contribution is -2.22. The summed E-state index contributed by atoms with van der Waals surface area (Å²) in [4.78, 5) is 16.5. The molecule has 0 aromatic carbocycles. The molecule has 4 nitrogen and oxygen atoms in total. The Bertz CT molecular complexity index is 312.